The van der Waals surface area contributed by atoms with Gasteiger partial charge < -0.3 is 24.3 Å². The van der Waals surface area contributed by atoms with Gasteiger partial charge in [-0.1, -0.05) is 18.2 Å². The van der Waals surface area contributed by atoms with Crippen LogP contribution in [0.4, 0.5) is 5.69 Å². The van der Waals surface area contributed by atoms with Crippen molar-refractivity contribution in [3.8, 4) is 17.2 Å². The average Bonchev–Trinajstić information content (AvgIpc) is 2.74. The van der Waals surface area contributed by atoms with Gasteiger partial charge in [0.2, 0.25) is 0 Å². The van der Waals surface area contributed by atoms with Gasteiger partial charge in [0.1, 0.15) is 5.75 Å². The first-order valence-electron chi connectivity index (χ1n) is 9.11. The molecular formula is C22H25NO6. The van der Waals surface area contributed by atoms with Crippen molar-refractivity contribution in [1.29, 1.82) is 0 Å². The van der Waals surface area contributed by atoms with Crippen molar-refractivity contribution in [2.45, 2.75) is 20.0 Å². The first-order valence-corrected chi connectivity index (χ1v) is 9.11. The summed E-state index contributed by atoms with van der Waals surface area (Å²) < 4.78 is 21.2. The fourth-order valence-electron chi connectivity index (χ4n) is 2.45. The molecule has 2 rings (SSSR count). The molecule has 154 valence electrons. The second kappa shape index (κ2) is 10.8. The smallest absolute Gasteiger partial charge is 0.330 e. The molecule has 0 radical (unpaired) electrons. The van der Waals surface area contributed by atoms with E-state index in [-0.39, 0.29) is 5.91 Å². The Bertz CT molecular complexity index is 877. The molecule has 0 saturated carbocycles. The maximum atomic E-state index is 12.6. The minimum atomic E-state index is -0.782. The second-order valence-electron chi connectivity index (χ2n) is 5.95. The summed E-state index contributed by atoms with van der Waals surface area (Å²) in [6.45, 7) is 4.01. The van der Waals surface area contributed by atoms with Gasteiger partial charge in [-0.2, -0.15) is 0 Å². The van der Waals surface area contributed by atoms with Crippen LogP contribution in [0.1, 0.15) is 19.4 Å². The number of amides is 1. The molecule has 1 unspecified atom stereocenters. The number of carbonyl (C=O) groups is 2. The highest BCUT2D eigenvalue weighted by atomic mass is 16.5. The van der Waals surface area contributed by atoms with E-state index >= 15 is 0 Å². The third kappa shape index (κ3) is 6.27. The summed E-state index contributed by atoms with van der Waals surface area (Å²) >= 11 is 0. The van der Waals surface area contributed by atoms with E-state index in [1.807, 2.05) is 19.1 Å². The molecule has 0 aliphatic rings. The lowest BCUT2D eigenvalue weighted by Gasteiger charge is -2.18. The molecule has 0 aliphatic heterocycles. The first kappa shape index (κ1) is 21.8. The molecule has 1 atom stereocenters. The molecule has 1 amide bonds. The molecule has 0 aromatic heterocycles. The Hall–Kier alpha value is -3.48. The highest BCUT2D eigenvalue weighted by Crippen LogP contribution is 2.30. The van der Waals surface area contributed by atoms with Crippen LogP contribution in [0, 0.1) is 0 Å². The molecule has 2 aromatic carbocycles. The summed E-state index contributed by atoms with van der Waals surface area (Å²) in [5, 5.41) is 2.81. The lowest BCUT2D eigenvalue weighted by molar-refractivity contribution is -0.134. The van der Waals surface area contributed by atoms with Gasteiger partial charge in [0.15, 0.2) is 17.6 Å². The molecule has 29 heavy (non-hydrogen) atoms. The Morgan fingerprint density at radius 3 is 2.52 bits per heavy atom. The molecule has 0 spiro atoms. The lowest BCUT2D eigenvalue weighted by atomic mass is 10.2. The first-order chi connectivity index (χ1) is 14.0. The maximum Gasteiger partial charge on any atom is 0.330 e. The molecule has 0 saturated heterocycles. The van der Waals surface area contributed by atoms with Crippen LogP contribution in [0.2, 0.25) is 0 Å². The summed E-state index contributed by atoms with van der Waals surface area (Å²) in [7, 11) is 2.81. The van der Waals surface area contributed by atoms with Crippen molar-refractivity contribution in [2.75, 3.05) is 26.1 Å². The van der Waals surface area contributed by atoms with Crippen molar-refractivity contribution >= 4 is 23.6 Å². The molecule has 2 aromatic rings. The van der Waals surface area contributed by atoms with Gasteiger partial charge in [-0.05, 0) is 49.8 Å². The van der Waals surface area contributed by atoms with Gasteiger partial charge in [0.05, 0.1) is 26.5 Å². The van der Waals surface area contributed by atoms with Crippen molar-refractivity contribution in [3.63, 3.8) is 0 Å². The summed E-state index contributed by atoms with van der Waals surface area (Å²) in [4.78, 5) is 23.8. The lowest BCUT2D eigenvalue weighted by Crippen LogP contribution is -2.30. The Morgan fingerprint density at radius 2 is 1.83 bits per heavy atom. The molecule has 1 N–H and O–H groups in total. The number of para-hydroxylation sites is 2. The minimum Gasteiger partial charge on any atom is -0.493 e. The summed E-state index contributed by atoms with van der Waals surface area (Å²) in [5.41, 5.74) is 1.30. The number of nitrogens with one attached hydrogen (secondary N) is 1. The zero-order chi connectivity index (χ0) is 21.2. The van der Waals surface area contributed by atoms with Gasteiger partial charge in [0, 0.05) is 6.08 Å². The zero-order valence-electron chi connectivity index (χ0n) is 16.9. The fourth-order valence-corrected chi connectivity index (χ4v) is 2.45. The van der Waals surface area contributed by atoms with E-state index in [9.17, 15) is 9.59 Å². The van der Waals surface area contributed by atoms with Crippen LogP contribution in [0.3, 0.4) is 0 Å². The van der Waals surface area contributed by atoms with E-state index in [2.05, 4.69) is 10.1 Å². The number of anilines is 1. The van der Waals surface area contributed by atoms with Gasteiger partial charge in [-0.15, -0.1) is 0 Å². The number of hydrogen-bond donors (Lipinski definition) is 1. The van der Waals surface area contributed by atoms with Gasteiger partial charge >= 0.3 is 5.97 Å². The number of esters is 1. The van der Waals surface area contributed by atoms with E-state index in [0.29, 0.717) is 29.5 Å². The normalized spacial score (nSPS) is 11.6. The maximum absolute atomic E-state index is 12.6. The molecule has 0 bridgehead atoms. The molecular weight excluding hydrogens is 374 g/mol. The van der Waals surface area contributed by atoms with Crippen molar-refractivity contribution < 1.29 is 28.5 Å². The zero-order valence-corrected chi connectivity index (χ0v) is 16.9. The highest BCUT2D eigenvalue weighted by Gasteiger charge is 2.18. The van der Waals surface area contributed by atoms with Gasteiger partial charge in [-0.3, -0.25) is 4.79 Å². The summed E-state index contributed by atoms with van der Waals surface area (Å²) in [6.07, 6.45) is 2.12. The molecule has 0 heterocycles. The fraction of sp³-hybridized carbons (Fsp3) is 0.273. The third-order valence-corrected chi connectivity index (χ3v) is 3.92. The number of carbonyl (C=O) groups excluding carboxylic acids is 2. The SMILES string of the molecule is CCOc1ccccc1NC(=O)C(C)Oc1ccc(C=CC(=O)OC)cc1OC. The third-order valence-electron chi connectivity index (χ3n) is 3.92. The monoisotopic (exact) mass is 399 g/mol. The van der Waals surface area contributed by atoms with E-state index in [0.717, 1.165) is 5.56 Å². The Kier molecular flexibility index (Phi) is 8.09. The summed E-state index contributed by atoms with van der Waals surface area (Å²) in [6, 6.07) is 12.3. The number of hydrogen-bond acceptors (Lipinski definition) is 6. The van der Waals surface area contributed by atoms with Crippen LogP contribution in [-0.2, 0) is 14.3 Å². The predicted molar refractivity (Wildman–Crippen MR) is 110 cm³/mol. The van der Waals surface area contributed by atoms with Crippen LogP contribution >= 0.6 is 0 Å². The summed E-state index contributed by atoms with van der Waals surface area (Å²) in [5.74, 6) is 0.653. The van der Waals surface area contributed by atoms with Crippen molar-refractivity contribution in [2.24, 2.45) is 0 Å². The highest BCUT2D eigenvalue weighted by molar-refractivity contribution is 5.95. The van der Waals surface area contributed by atoms with E-state index in [1.165, 1.54) is 20.3 Å². The topological polar surface area (TPSA) is 83.1 Å². The average molecular weight is 399 g/mol. The number of rotatable bonds is 9. The van der Waals surface area contributed by atoms with E-state index in [4.69, 9.17) is 14.2 Å². The second-order valence-corrected chi connectivity index (χ2v) is 5.95. The largest absolute Gasteiger partial charge is 0.493 e. The molecule has 7 heteroatoms. The van der Waals surface area contributed by atoms with E-state index in [1.54, 1.807) is 43.3 Å². The standard InChI is InChI=1S/C22H25NO6/c1-5-28-18-9-7-6-8-17(18)23-22(25)15(2)29-19-12-10-16(14-20(19)26-3)11-13-21(24)27-4/h6-15H,5H2,1-4H3,(H,23,25). The van der Waals surface area contributed by atoms with Crippen molar-refractivity contribution in [3.05, 3.63) is 54.1 Å². The van der Waals surface area contributed by atoms with Gasteiger partial charge in [0.25, 0.3) is 5.91 Å². The van der Waals surface area contributed by atoms with Crippen LogP contribution in [0.5, 0.6) is 17.2 Å². The quantitative estimate of drug-likeness (QED) is 0.512. The van der Waals surface area contributed by atoms with Crippen molar-refractivity contribution in [1.82, 2.24) is 0 Å². The minimum absolute atomic E-state index is 0.325. The van der Waals surface area contributed by atoms with E-state index < -0.39 is 12.1 Å². The number of benzene rings is 2. The number of ether oxygens (including phenoxy) is 4. The van der Waals surface area contributed by atoms with Crippen LogP contribution in [0.15, 0.2) is 48.5 Å². The van der Waals surface area contributed by atoms with Gasteiger partial charge in [-0.25, -0.2) is 4.79 Å². The van der Waals surface area contributed by atoms with Crippen LogP contribution in [0.25, 0.3) is 6.08 Å². The van der Waals surface area contributed by atoms with Crippen LogP contribution in [-0.4, -0.2) is 38.8 Å². The Labute approximate surface area is 170 Å². The number of methoxy groups -OCH3 is 2. The molecule has 0 fully saturated rings. The predicted octanol–water partition coefficient (Wildman–Crippen LogP) is 3.69. The molecule has 0 aliphatic carbocycles. The van der Waals surface area contributed by atoms with Crippen LogP contribution < -0.4 is 19.5 Å². The molecule has 7 nitrogen and oxygen atoms in total. The Morgan fingerprint density at radius 1 is 1.07 bits per heavy atom. The Balaban J connectivity index is 2.09.